The maximum atomic E-state index is 12.3. The Morgan fingerprint density at radius 3 is 2.41 bits per heavy atom. The number of nitrogens with zero attached hydrogens (tertiary/aromatic N) is 1. The number of amides is 1. The first-order chi connectivity index (χ1) is 7.73. The Labute approximate surface area is 118 Å². The molecular weight excluding hydrogens is 325 g/mol. The maximum absolute atomic E-state index is 12.3. The topological polar surface area (TPSA) is 20.3 Å². The average Bonchev–Trinajstić information content (AvgIpc) is 2.25. The van der Waals surface area contributed by atoms with Crippen molar-refractivity contribution in [3.8, 4) is 0 Å². The summed E-state index contributed by atoms with van der Waals surface area (Å²) in [6.45, 7) is 8.54. The third-order valence-electron chi connectivity index (χ3n) is 3.23. The minimum atomic E-state index is 0.0888. The number of carbonyl (C=O) groups is 1. The first-order valence-electron chi connectivity index (χ1n) is 5.76. The van der Waals surface area contributed by atoms with Crippen LogP contribution in [0.15, 0.2) is 24.3 Å². The zero-order valence-corrected chi connectivity index (χ0v) is 13.3. The summed E-state index contributed by atoms with van der Waals surface area (Å²) in [6.07, 6.45) is 0. The summed E-state index contributed by atoms with van der Waals surface area (Å²) in [5.74, 6) is 0.0888. The summed E-state index contributed by atoms with van der Waals surface area (Å²) in [5.41, 5.74) is 0.849. The van der Waals surface area contributed by atoms with Gasteiger partial charge in [0.25, 0.3) is 5.91 Å². The van der Waals surface area contributed by atoms with E-state index in [1.165, 1.54) is 0 Å². The fourth-order valence-electron chi connectivity index (χ4n) is 1.58. The highest BCUT2D eigenvalue weighted by Crippen LogP contribution is 2.24. The molecule has 0 saturated heterocycles. The number of hydrogen-bond acceptors (Lipinski definition) is 1. The van der Waals surface area contributed by atoms with Crippen LogP contribution in [-0.2, 0) is 0 Å². The molecule has 0 saturated carbocycles. The summed E-state index contributed by atoms with van der Waals surface area (Å²) in [7, 11) is 1.87. The van der Waals surface area contributed by atoms with Crippen LogP contribution in [0, 0.1) is 8.99 Å². The Morgan fingerprint density at radius 2 is 1.94 bits per heavy atom. The zero-order valence-electron chi connectivity index (χ0n) is 11.1. The van der Waals surface area contributed by atoms with Gasteiger partial charge in [-0.25, -0.2) is 0 Å². The molecule has 0 N–H and O–H groups in total. The molecule has 1 unspecified atom stereocenters. The van der Waals surface area contributed by atoms with Crippen LogP contribution < -0.4 is 0 Å². The van der Waals surface area contributed by atoms with E-state index in [4.69, 9.17) is 0 Å². The van der Waals surface area contributed by atoms with E-state index < -0.39 is 0 Å². The Morgan fingerprint density at radius 1 is 1.35 bits per heavy atom. The predicted octanol–water partition coefficient (Wildman–Crippen LogP) is 3.80. The number of benzene rings is 1. The van der Waals surface area contributed by atoms with Gasteiger partial charge in [-0.2, -0.15) is 0 Å². The second kappa shape index (κ2) is 5.38. The van der Waals surface area contributed by atoms with E-state index in [0.717, 1.165) is 9.13 Å². The van der Waals surface area contributed by atoms with E-state index in [9.17, 15) is 4.79 Å². The molecular formula is C14H20INO. The first-order valence-corrected chi connectivity index (χ1v) is 6.84. The van der Waals surface area contributed by atoms with Gasteiger partial charge in [0.1, 0.15) is 0 Å². The molecule has 0 spiro atoms. The quantitative estimate of drug-likeness (QED) is 0.747. The lowest BCUT2D eigenvalue weighted by atomic mass is 9.87. The fourth-order valence-corrected chi connectivity index (χ4v) is 2.13. The van der Waals surface area contributed by atoms with Crippen molar-refractivity contribution in [2.24, 2.45) is 5.41 Å². The molecule has 0 aliphatic heterocycles. The van der Waals surface area contributed by atoms with Gasteiger partial charge in [0.05, 0.1) is 0 Å². The number of hydrogen-bond donors (Lipinski definition) is 0. The minimum absolute atomic E-state index is 0.0888. The van der Waals surface area contributed by atoms with Crippen molar-refractivity contribution in [2.45, 2.75) is 33.7 Å². The van der Waals surface area contributed by atoms with Crippen LogP contribution in [0.4, 0.5) is 0 Å². The normalized spacial score (nSPS) is 13.3. The van der Waals surface area contributed by atoms with E-state index in [2.05, 4.69) is 50.3 Å². The summed E-state index contributed by atoms with van der Waals surface area (Å²) < 4.78 is 1.09. The molecule has 0 heterocycles. The number of rotatable bonds is 2. The Balaban J connectivity index is 2.91. The fraction of sp³-hybridized carbons (Fsp3) is 0.500. The SMILES string of the molecule is CC(N(C)C(=O)c1cccc(I)c1)C(C)(C)C. The van der Waals surface area contributed by atoms with Crippen molar-refractivity contribution in [3.63, 3.8) is 0 Å². The molecule has 1 rings (SSSR count). The number of carbonyl (C=O) groups excluding carboxylic acids is 1. The molecule has 0 aliphatic carbocycles. The molecule has 1 aromatic carbocycles. The van der Waals surface area contributed by atoms with Crippen LogP contribution in [0.25, 0.3) is 0 Å². The average molecular weight is 345 g/mol. The second-order valence-corrected chi connectivity index (χ2v) is 6.71. The molecule has 0 radical (unpaired) electrons. The van der Waals surface area contributed by atoms with Crippen LogP contribution in [-0.4, -0.2) is 23.9 Å². The van der Waals surface area contributed by atoms with Gasteiger partial charge in [-0.1, -0.05) is 26.8 Å². The van der Waals surface area contributed by atoms with E-state index in [1.807, 2.05) is 36.2 Å². The maximum Gasteiger partial charge on any atom is 0.253 e. The standard InChI is InChI=1S/C14H20INO/c1-10(14(2,3)4)16(5)13(17)11-7-6-8-12(15)9-11/h6-10H,1-5H3. The molecule has 1 aromatic rings. The Hall–Kier alpha value is -0.580. The molecule has 2 nitrogen and oxygen atoms in total. The summed E-state index contributed by atoms with van der Waals surface area (Å²) in [6, 6.07) is 7.91. The zero-order chi connectivity index (χ0) is 13.2. The minimum Gasteiger partial charge on any atom is -0.338 e. The molecule has 0 fully saturated rings. The lowest BCUT2D eigenvalue weighted by molar-refractivity contribution is 0.0629. The molecule has 0 aromatic heterocycles. The molecule has 0 aliphatic rings. The first kappa shape index (κ1) is 14.5. The molecule has 3 heteroatoms. The largest absolute Gasteiger partial charge is 0.338 e. The van der Waals surface area contributed by atoms with Gasteiger partial charge >= 0.3 is 0 Å². The third-order valence-corrected chi connectivity index (χ3v) is 3.90. The monoisotopic (exact) mass is 345 g/mol. The van der Waals surface area contributed by atoms with Crippen molar-refractivity contribution in [3.05, 3.63) is 33.4 Å². The molecule has 1 amide bonds. The third kappa shape index (κ3) is 3.69. The van der Waals surface area contributed by atoms with Crippen LogP contribution in [0.5, 0.6) is 0 Å². The van der Waals surface area contributed by atoms with E-state index >= 15 is 0 Å². The van der Waals surface area contributed by atoms with E-state index in [-0.39, 0.29) is 17.4 Å². The van der Waals surface area contributed by atoms with Crippen molar-refractivity contribution < 1.29 is 4.79 Å². The predicted molar refractivity (Wildman–Crippen MR) is 80.2 cm³/mol. The van der Waals surface area contributed by atoms with Crippen LogP contribution in [0.2, 0.25) is 0 Å². The lowest BCUT2D eigenvalue weighted by Gasteiger charge is -2.35. The van der Waals surface area contributed by atoms with Crippen molar-refractivity contribution in [2.75, 3.05) is 7.05 Å². The molecule has 0 bridgehead atoms. The highest BCUT2D eigenvalue weighted by molar-refractivity contribution is 14.1. The van der Waals surface area contributed by atoms with E-state index in [1.54, 1.807) is 0 Å². The smallest absolute Gasteiger partial charge is 0.253 e. The Bertz CT molecular complexity index is 409. The lowest BCUT2D eigenvalue weighted by Crippen LogP contribution is -2.42. The highest BCUT2D eigenvalue weighted by Gasteiger charge is 2.27. The second-order valence-electron chi connectivity index (χ2n) is 5.47. The summed E-state index contributed by atoms with van der Waals surface area (Å²) in [5, 5.41) is 0. The van der Waals surface area contributed by atoms with Gasteiger partial charge in [-0.3, -0.25) is 4.79 Å². The van der Waals surface area contributed by atoms with E-state index in [0.29, 0.717) is 0 Å². The number of halogens is 1. The van der Waals surface area contributed by atoms with Crippen LogP contribution in [0.3, 0.4) is 0 Å². The van der Waals surface area contributed by atoms with Gasteiger partial charge < -0.3 is 4.90 Å². The van der Waals surface area contributed by atoms with Crippen molar-refractivity contribution in [1.82, 2.24) is 4.90 Å². The molecule has 17 heavy (non-hydrogen) atoms. The summed E-state index contributed by atoms with van der Waals surface area (Å²) in [4.78, 5) is 14.1. The summed E-state index contributed by atoms with van der Waals surface area (Å²) >= 11 is 2.22. The molecule has 94 valence electrons. The van der Waals surface area contributed by atoms with Crippen molar-refractivity contribution >= 4 is 28.5 Å². The van der Waals surface area contributed by atoms with Crippen LogP contribution in [0.1, 0.15) is 38.1 Å². The van der Waals surface area contributed by atoms with Crippen molar-refractivity contribution in [1.29, 1.82) is 0 Å². The van der Waals surface area contributed by atoms with Crippen LogP contribution >= 0.6 is 22.6 Å². The van der Waals surface area contributed by atoms with Gasteiger partial charge in [0.15, 0.2) is 0 Å². The Kier molecular flexibility index (Phi) is 4.58. The van der Waals surface area contributed by atoms with Gasteiger partial charge in [-0.05, 0) is 53.1 Å². The molecule has 1 atom stereocenters. The van der Waals surface area contributed by atoms with Gasteiger partial charge in [0.2, 0.25) is 0 Å². The highest BCUT2D eigenvalue weighted by atomic mass is 127. The van der Waals surface area contributed by atoms with Gasteiger partial charge in [-0.15, -0.1) is 0 Å². The van der Waals surface area contributed by atoms with Gasteiger partial charge in [0, 0.05) is 22.2 Å².